The van der Waals surface area contributed by atoms with Crippen LogP contribution in [0, 0.1) is 0 Å². The summed E-state index contributed by atoms with van der Waals surface area (Å²) in [6, 6.07) is 0.504. The van der Waals surface area contributed by atoms with Crippen LogP contribution in [0.15, 0.2) is 0 Å². The quantitative estimate of drug-likeness (QED) is 0.805. The van der Waals surface area contributed by atoms with E-state index in [0.29, 0.717) is 6.04 Å². The van der Waals surface area contributed by atoms with Crippen LogP contribution in [0.5, 0.6) is 0 Å². The third-order valence-corrected chi connectivity index (χ3v) is 5.95. The van der Waals surface area contributed by atoms with Crippen molar-refractivity contribution in [2.45, 2.75) is 63.1 Å². The van der Waals surface area contributed by atoms with Gasteiger partial charge in [-0.15, -0.1) is 0 Å². The summed E-state index contributed by atoms with van der Waals surface area (Å²) in [6.45, 7) is 5.42. The molecular weight excluding hydrogens is 246 g/mol. The summed E-state index contributed by atoms with van der Waals surface area (Å²) in [7, 11) is 0. The molecule has 4 heteroatoms. The highest BCUT2D eigenvalue weighted by atomic mass is 32.2. The second kappa shape index (κ2) is 6.12. The lowest BCUT2D eigenvalue weighted by atomic mass is 9.86. The Hall–Kier alpha value is 0.230. The van der Waals surface area contributed by atoms with E-state index in [1.54, 1.807) is 0 Å². The van der Waals surface area contributed by atoms with Crippen LogP contribution in [0.2, 0.25) is 0 Å². The standard InChI is InChI=1S/C14H27NO2S/c1-3-13(4-2,10-16)15-12-5-7-17-14(9-12)6-8-18-11-14/h12,15-16H,3-11H2,1-2H3. The predicted octanol–water partition coefficient (Wildman–Crippen LogP) is 2.18. The van der Waals surface area contributed by atoms with Gasteiger partial charge in [-0.1, -0.05) is 13.8 Å². The molecule has 0 aromatic carbocycles. The van der Waals surface area contributed by atoms with Gasteiger partial charge in [-0.05, 0) is 37.9 Å². The Balaban J connectivity index is 1.96. The van der Waals surface area contributed by atoms with E-state index in [4.69, 9.17) is 4.74 Å². The van der Waals surface area contributed by atoms with Crippen LogP contribution >= 0.6 is 11.8 Å². The van der Waals surface area contributed by atoms with Gasteiger partial charge in [0, 0.05) is 23.9 Å². The third-order valence-electron chi connectivity index (χ3n) is 4.73. The second-order valence-corrected chi connectivity index (χ2v) is 6.92. The van der Waals surface area contributed by atoms with E-state index in [0.717, 1.165) is 38.0 Å². The molecule has 1 spiro atoms. The molecule has 2 N–H and O–H groups in total. The molecule has 18 heavy (non-hydrogen) atoms. The molecule has 2 atom stereocenters. The number of nitrogens with one attached hydrogen (secondary N) is 1. The minimum absolute atomic E-state index is 0.0883. The van der Waals surface area contributed by atoms with E-state index in [-0.39, 0.29) is 17.7 Å². The van der Waals surface area contributed by atoms with Gasteiger partial charge in [0.2, 0.25) is 0 Å². The lowest BCUT2D eigenvalue weighted by Gasteiger charge is -2.43. The maximum absolute atomic E-state index is 9.67. The van der Waals surface area contributed by atoms with E-state index >= 15 is 0 Å². The van der Waals surface area contributed by atoms with Crippen molar-refractivity contribution >= 4 is 11.8 Å². The summed E-state index contributed by atoms with van der Waals surface area (Å²) >= 11 is 2.01. The molecule has 0 saturated carbocycles. The van der Waals surface area contributed by atoms with Gasteiger partial charge in [0.25, 0.3) is 0 Å². The number of ether oxygens (including phenoxy) is 1. The largest absolute Gasteiger partial charge is 0.394 e. The molecule has 0 aliphatic carbocycles. The number of rotatable bonds is 5. The Labute approximate surface area is 115 Å². The van der Waals surface area contributed by atoms with Gasteiger partial charge in [-0.3, -0.25) is 0 Å². The highest BCUT2D eigenvalue weighted by Crippen LogP contribution is 2.38. The lowest BCUT2D eigenvalue weighted by molar-refractivity contribution is -0.0755. The Morgan fingerprint density at radius 3 is 2.78 bits per heavy atom. The zero-order valence-electron chi connectivity index (χ0n) is 11.7. The van der Waals surface area contributed by atoms with E-state index in [9.17, 15) is 5.11 Å². The first kappa shape index (κ1) is 14.6. The molecule has 2 aliphatic rings. The van der Waals surface area contributed by atoms with Crippen molar-refractivity contribution in [1.29, 1.82) is 0 Å². The number of aliphatic hydroxyl groups excluding tert-OH is 1. The maximum atomic E-state index is 9.67. The molecular formula is C14H27NO2S. The molecule has 2 aliphatic heterocycles. The van der Waals surface area contributed by atoms with Crippen LogP contribution in [0.25, 0.3) is 0 Å². The SMILES string of the molecule is CCC(CC)(CO)NC1CCOC2(CCSC2)C1. The van der Waals surface area contributed by atoms with Crippen LogP contribution in [0.3, 0.4) is 0 Å². The summed E-state index contributed by atoms with van der Waals surface area (Å²) in [5.41, 5.74) is 0.0399. The summed E-state index contributed by atoms with van der Waals surface area (Å²) in [4.78, 5) is 0. The van der Waals surface area contributed by atoms with Gasteiger partial charge in [0.15, 0.2) is 0 Å². The molecule has 2 unspecified atom stereocenters. The van der Waals surface area contributed by atoms with E-state index in [2.05, 4.69) is 19.2 Å². The Bertz CT molecular complexity index is 254. The summed E-state index contributed by atoms with van der Waals surface area (Å²) in [6.07, 6.45) is 5.36. The number of thioether (sulfide) groups is 1. The molecule has 2 rings (SSSR count). The summed E-state index contributed by atoms with van der Waals surface area (Å²) in [5, 5.41) is 13.4. The molecule has 106 valence electrons. The fourth-order valence-electron chi connectivity index (χ4n) is 3.17. The van der Waals surface area contributed by atoms with Crippen LogP contribution in [0.4, 0.5) is 0 Å². The smallest absolute Gasteiger partial charge is 0.0795 e. The Kier molecular flexibility index (Phi) is 4.98. The molecule has 0 amide bonds. The predicted molar refractivity (Wildman–Crippen MR) is 77.2 cm³/mol. The summed E-state index contributed by atoms with van der Waals surface area (Å²) in [5.74, 6) is 2.38. The van der Waals surface area contributed by atoms with Crippen molar-refractivity contribution in [3.8, 4) is 0 Å². The maximum Gasteiger partial charge on any atom is 0.0795 e. The fraction of sp³-hybridized carbons (Fsp3) is 1.00. The summed E-state index contributed by atoms with van der Waals surface area (Å²) < 4.78 is 6.05. The molecule has 2 fully saturated rings. The van der Waals surface area contributed by atoms with Crippen LogP contribution in [-0.4, -0.2) is 47.0 Å². The van der Waals surface area contributed by atoms with Crippen molar-refractivity contribution in [2.24, 2.45) is 0 Å². The minimum Gasteiger partial charge on any atom is -0.394 e. The zero-order chi connectivity index (χ0) is 13.1. The van der Waals surface area contributed by atoms with Crippen LogP contribution in [-0.2, 0) is 4.74 Å². The highest BCUT2D eigenvalue weighted by molar-refractivity contribution is 7.99. The van der Waals surface area contributed by atoms with Gasteiger partial charge in [0.05, 0.1) is 12.2 Å². The van der Waals surface area contributed by atoms with Crippen molar-refractivity contribution < 1.29 is 9.84 Å². The molecule has 0 aromatic heterocycles. The minimum atomic E-state index is -0.0883. The number of hydrogen-bond acceptors (Lipinski definition) is 4. The Morgan fingerprint density at radius 2 is 2.22 bits per heavy atom. The highest BCUT2D eigenvalue weighted by Gasteiger charge is 2.42. The molecule has 2 heterocycles. The number of hydrogen-bond donors (Lipinski definition) is 2. The monoisotopic (exact) mass is 273 g/mol. The molecule has 3 nitrogen and oxygen atoms in total. The molecule has 0 bridgehead atoms. The van der Waals surface area contributed by atoms with Crippen molar-refractivity contribution in [2.75, 3.05) is 24.7 Å². The zero-order valence-corrected chi connectivity index (χ0v) is 12.5. The fourth-order valence-corrected chi connectivity index (χ4v) is 4.55. The molecule has 2 saturated heterocycles. The van der Waals surface area contributed by atoms with Crippen LogP contribution in [0.1, 0.15) is 46.0 Å². The first-order valence-electron chi connectivity index (χ1n) is 7.28. The first-order valence-corrected chi connectivity index (χ1v) is 8.43. The number of aliphatic hydroxyl groups is 1. The van der Waals surface area contributed by atoms with Gasteiger partial charge in [0.1, 0.15) is 0 Å². The van der Waals surface area contributed by atoms with E-state index in [1.165, 1.54) is 12.2 Å². The van der Waals surface area contributed by atoms with Gasteiger partial charge in [-0.25, -0.2) is 0 Å². The van der Waals surface area contributed by atoms with E-state index in [1.807, 2.05) is 11.8 Å². The molecule has 0 aromatic rings. The van der Waals surface area contributed by atoms with Crippen molar-refractivity contribution in [3.63, 3.8) is 0 Å². The molecule has 0 radical (unpaired) electrons. The van der Waals surface area contributed by atoms with Gasteiger partial charge < -0.3 is 15.2 Å². The van der Waals surface area contributed by atoms with E-state index < -0.39 is 0 Å². The third kappa shape index (κ3) is 3.03. The van der Waals surface area contributed by atoms with Crippen molar-refractivity contribution in [3.05, 3.63) is 0 Å². The Morgan fingerprint density at radius 1 is 1.44 bits per heavy atom. The normalized spacial score (nSPS) is 33.2. The average Bonchev–Trinajstić information content (AvgIpc) is 2.84. The van der Waals surface area contributed by atoms with Gasteiger partial charge in [-0.2, -0.15) is 11.8 Å². The second-order valence-electron chi connectivity index (χ2n) is 5.81. The first-order chi connectivity index (χ1) is 8.67. The average molecular weight is 273 g/mol. The lowest BCUT2D eigenvalue weighted by Crippen LogP contribution is -2.56. The van der Waals surface area contributed by atoms with Crippen LogP contribution < -0.4 is 5.32 Å². The van der Waals surface area contributed by atoms with Crippen molar-refractivity contribution in [1.82, 2.24) is 5.32 Å². The topological polar surface area (TPSA) is 41.5 Å². The van der Waals surface area contributed by atoms with Gasteiger partial charge >= 0.3 is 0 Å².